The second-order valence-electron chi connectivity index (χ2n) is 16.0. The van der Waals surface area contributed by atoms with E-state index in [0.717, 1.165) is 44.6 Å². The zero-order valence-corrected chi connectivity index (χ0v) is 33.6. The Kier molecular flexibility index (Phi) is 8.31. The molecule has 0 radical (unpaired) electrons. The maximum Gasteiger partial charge on any atom is 0.333 e. The summed E-state index contributed by atoms with van der Waals surface area (Å²) < 4.78 is 36.4. The first-order valence-corrected chi connectivity index (χ1v) is 20.5. The number of piperazine rings is 1. The number of carbonyl (C=O) groups excluding carboxylic acids is 2. The third-order valence-corrected chi connectivity index (χ3v) is 14.5. The van der Waals surface area contributed by atoms with E-state index in [4.69, 9.17) is 28.4 Å². The molecule has 4 aromatic rings. The van der Waals surface area contributed by atoms with Crippen LogP contribution in [-0.2, 0) is 32.7 Å². The lowest BCUT2D eigenvalue weighted by Gasteiger charge is -2.61. The van der Waals surface area contributed by atoms with Crippen LogP contribution in [0.4, 0.5) is 0 Å². The molecule has 8 aliphatic heterocycles. The van der Waals surface area contributed by atoms with E-state index < -0.39 is 46.6 Å². The Hall–Kier alpha value is -4.67. The highest BCUT2D eigenvalue weighted by molar-refractivity contribution is 7.99. The summed E-state index contributed by atoms with van der Waals surface area (Å²) >= 11 is 1.54. The molecule has 4 unspecified atom stereocenters. The van der Waals surface area contributed by atoms with Gasteiger partial charge in [-0.25, -0.2) is 4.79 Å². The highest BCUT2D eigenvalue weighted by Crippen LogP contribution is 2.65. The number of ether oxygens (including phenoxy) is 6. The average Bonchev–Trinajstić information content (AvgIpc) is 3.78. The molecule has 1 spiro atoms. The van der Waals surface area contributed by atoms with Gasteiger partial charge < -0.3 is 43.6 Å². The number of hydrogen-bond donors (Lipinski definition) is 4. The van der Waals surface area contributed by atoms with Gasteiger partial charge in [0, 0.05) is 71.4 Å². The Morgan fingerprint density at radius 3 is 2.63 bits per heavy atom. The number of hydrogen-bond acceptors (Lipinski definition) is 14. The predicted octanol–water partition coefficient (Wildman–Crippen LogP) is 4.58. The van der Waals surface area contributed by atoms with Crippen molar-refractivity contribution in [3.05, 3.63) is 68.9 Å². The summed E-state index contributed by atoms with van der Waals surface area (Å²) in [5.74, 6) is 1.71. The van der Waals surface area contributed by atoms with Gasteiger partial charge in [-0.15, -0.1) is 11.8 Å². The third-order valence-electron chi connectivity index (χ3n) is 13.0. The summed E-state index contributed by atoms with van der Waals surface area (Å²) in [5, 5.41) is 29.5. The number of thioether (sulfide) groups is 1. The molecule has 9 heterocycles. The minimum absolute atomic E-state index is 0.0392. The van der Waals surface area contributed by atoms with Gasteiger partial charge in [0.15, 0.2) is 28.5 Å². The van der Waals surface area contributed by atoms with Crippen LogP contribution < -0.4 is 29.0 Å². The van der Waals surface area contributed by atoms with E-state index in [2.05, 4.69) is 27.0 Å². The van der Waals surface area contributed by atoms with Crippen LogP contribution in [0.1, 0.15) is 75.8 Å². The quantitative estimate of drug-likeness (QED) is 0.168. The molecule has 1 aromatic heterocycles. The molecule has 4 bridgehead atoms. The highest BCUT2D eigenvalue weighted by atomic mass is 32.2. The number of H-pyrrole nitrogens is 1. The number of carbonyl (C=O) groups is 2. The maximum absolute atomic E-state index is 15.0. The van der Waals surface area contributed by atoms with Gasteiger partial charge in [-0.3, -0.25) is 19.9 Å². The molecule has 0 aliphatic carbocycles. The summed E-state index contributed by atoms with van der Waals surface area (Å²) in [6.45, 7) is 8.32. The van der Waals surface area contributed by atoms with Gasteiger partial charge >= 0.3 is 11.9 Å². The fourth-order valence-corrected chi connectivity index (χ4v) is 12.5. The van der Waals surface area contributed by atoms with Crippen LogP contribution in [0.2, 0.25) is 0 Å². The van der Waals surface area contributed by atoms with Crippen molar-refractivity contribution >= 4 is 34.6 Å². The molecule has 0 amide bonds. The lowest BCUT2D eigenvalue weighted by atomic mass is 9.78. The molecule has 7 atom stereocenters. The molecule has 15 heteroatoms. The van der Waals surface area contributed by atoms with Gasteiger partial charge in [-0.05, 0) is 61.7 Å². The first-order valence-electron chi connectivity index (χ1n) is 19.5. The predicted molar refractivity (Wildman–Crippen MR) is 209 cm³/mol. The van der Waals surface area contributed by atoms with Crippen molar-refractivity contribution in [2.24, 2.45) is 0 Å². The molecule has 12 rings (SSSR count). The first kappa shape index (κ1) is 36.7. The van der Waals surface area contributed by atoms with E-state index in [-0.39, 0.29) is 37.9 Å². The van der Waals surface area contributed by atoms with Crippen LogP contribution in [0.3, 0.4) is 0 Å². The SMILES string of the molecule is CCN1CC2(O)Cc3cc(C)c(OC)c(O)c3C1[C@@H]1[C@@H]3SC[C@]4(NCCc5c4[nH]c4ccc(OC)cc54)C(=O)OCC(c4c5c(c(C)c(OC(C)=O)c43)OCO5)N12. The van der Waals surface area contributed by atoms with Gasteiger partial charge in [0.2, 0.25) is 6.79 Å². The Morgan fingerprint density at radius 1 is 1.07 bits per heavy atom. The van der Waals surface area contributed by atoms with Crippen molar-refractivity contribution < 1.29 is 48.2 Å². The summed E-state index contributed by atoms with van der Waals surface area (Å²) in [6, 6.07) is 6.09. The van der Waals surface area contributed by atoms with Gasteiger partial charge in [-0.1, -0.05) is 13.0 Å². The summed E-state index contributed by atoms with van der Waals surface area (Å²) in [7, 11) is 3.19. The molecule has 14 nitrogen and oxygen atoms in total. The fourth-order valence-electron chi connectivity index (χ4n) is 10.8. The van der Waals surface area contributed by atoms with Crippen LogP contribution >= 0.6 is 11.8 Å². The molecular weight excluding hydrogens is 753 g/mol. The minimum Gasteiger partial charge on any atom is -0.504 e. The van der Waals surface area contributed by atoms with Gasteiger partial charge in [0.1, 0.15) is 23.8 Å². The van der Waals surface area contributed by atoms with Crippen LogP contribution in [0, 0.1) is 13.8 Å². The van der Waals surface area contributed by atoms with E-state index in [1.807, 2.05) is 38.1 Å². The monoisotopic (exact) mass is 798 g/mol. The first-order chi connectivity index (χ1) is 27.4. The number of methoxy groups -OCH3 is 2. The number of fused-ring (bicyclic) bond motifs is 8. The van der Waals surface area contributed by atoms with Crippen molar-refractivity contribution in [1.29, 1.82) is 0 Å². The number of nitrogens with one attached hydrogen (secondary N) is 2. The number of phenolic OH excluding ortho intramolecular Hbond substituents is 1. The van der Waals surface area contributed by atoms with Crippen molar-refractivity contribution in [1.82, 2.24) is 20.1 Å². The van der Waals surface area contributed by atoms with Crippen LogP contribution in [0.15, 0.2) is 24.3 Å². The molecule has 0 saturated carbocycles. The van der Waals surface area contributed by atoms with Crippen molar-refractivity contribution in [2.45, 2.75) is 75.2 Å². The standard InChI is InChI=1S/C42H46N4O10S/c1-7-45-16-41(50)14-22-12-19(2)34(52-6)33(48)28(22)31(45)32-38-30-29(37-36(54-18-55-37)20(3)35(30)56-21(4)47)27(46(32)41)15-53-40(49)42(17-57-38)39-24(10-11-43-42)25-13-23(51-5)8-9-26(25)44-39/h8-9,12-13,27,31-32,38,43-44,48,50H,7,10-11,14-18H2,1-6H3/t27?,31?,32-,38-,41?,42-/m1/s1. The Bertz CT molecular complexity index is 2400. The number of aryl methyl sites for hydroxylation is 1. The van der Waals surface area contributed by atoms with E-state index in [1.165, 1.54) is 18.7 Å². The van der Waals surface area contributed by atoms with Crippen LogP contribution in [-0.4, -0.2) is 102 Å². The number of rotatable bonds is 4. The molecule has 8 aliphatic rings. The Morgan fingerprint density at radius 2 is 1.88 bits per heavy atom. The summed E-state index contributed by atoms with van der Waals surface area (Å²) in [6.07, 6.45) is 0.877. The average molecular weight is 799 g/mol. The lowest BCUT2D eigenvalue weighted by Crippen LogP contribution is -2.70. The van der Waals surface area contributed by atoms with Crippen molar-refractivity contribution in [3.63, 3.8) is 0 Å². The minimum atomic E-state index is -1.49. The number of aromatic hydroxyl groups is 1. The van der Waals surface area contributed by atoms with E-state index in [0.29, 0.717) is 59.2 Å². The number of nitrogens with zero attached hydrogens (tertiary/aromatic N) is 2. The lowest BCUT2D eigenvalue weighted by molar-refractivity contribution is -0.218. The second-order valence-corrected chi connectivity index (χ2v) is 17.1. The van der Waals surface area contributed by atoms with Gasteiger partial charge in [0.05, 0.1) is 37.2 Å². The highest BCUT2D eigenvalue weighted by Gasteiger charge is 2.64. The van der Waals surface area contributed by atoms with E-state index >= 15 is 0 Å². The van der Waals surface area contributed by atoms with E-state index in [1.54, 1.807) is 14.2 Å². The number of phenols is 1. The third kappa shape index (κ3) is 4.98. The number of aromatic nitrogens is 1. The normalized spacial score (nSPS) is 29.6. The molecule has 57 heavy (non-hydrogen) atoms. The van der Waals surface area contributed by atoms with Crippen LogP contribution in [0.5, 0.6) is 34.5 Å². The number of likely N-dealkylation sites (N-methyl/N-ethyl adjacent to an activating group) is 1. The molecule has 3 aromatic carbocycles. The fraction of sp³-hybridized carbons (Fsp3) is 0.476. The summed E-state index contributed by atoms with van der Waals surface area (Å²) in [4.78, 5) is 35.9. The molecule has 300 valence electrons. The molecule has 2 fully saturated rings. The number of benzene rings is 3. The smallest absolute Gasteiger partial charge is 0.333 e. The zero-order valence-electron chi connectivity index (χ0n) is 32.7. The van der Waals surface area contributed by atoms with Crippen molar-refractivity contribution in [2.75, 3.05) is 53.0 Å². The zero-order chi connectivity index (χ0) is 39.7. The largest absolute Gasteiger partial charge is 0.504 e. The number of aromatic amines is 1. The number of aliphatic hydroxyl groups is 1. The topological polar surface area (TPSA) is 164 Å². The van der Waals surface area contributed by atoms with Gasteiger partial charge in [-0.2, -0.15) is 0 Å². The Balaban J connectivity index is 1.25. The number of esters is 2. The summed E-state index contributed by atoms with van der Waals surface area (Å²) in [5.41, 5.74) is 4.11. The van der Waals surface area contributed by atoms with Crippen LogP contribution in [0.25, 0.3) is 10.9 Å². The van der Waals surface area contributed by atoms with Crippen molar-refractivity contribution in [3.8, 4) is 34.5 Å². The van der Waals surface area contributed by atoms with Gasteiger partial charge in [0.25, 0.3) is 0 Å². The Labute approximate surface area is 333 Å². The van der Waals surface area contributed by atoms with E-state index in [9.17, 15) is 19.8 Å². The molecule has 2 saturated heterocycles. The second kappa shape index (κ2) is 12.9. The molecular formula is C42H46N4O10S. The maximum atomic E-state index is 15.0. The molecule has 4 N–H and O–H groups in total.